The van der Waals surface area contributed by atoms with Gasteiger partial charge >= 0.3 is 6.09 Å². The van der Waals surface area contributed by atoms with Crippen LogP contribution in [0.2, 0.25) is 0 Å². The second-order valence-corrected chi connectivity index (χ2v) is 11.5. The average Bonchev–Trinajstić information content (AvgIpc) is 3.48. The molecule has 2 heterocycles. The minimum absolute atomic E-state index is 0.0282. The van der Waals surface area contributed by atoms with E-state index < -0.39 is 23.5 Å². The number of hydrogen-bond acceptors (Lipinski definition) is 6. The summed E-state index contributed by atoms with van der Waals surface area (Å²) >= 11 is 1.78. The molecule has 2 saturated heterocycles. The highest BCUT2D eigenvalue weighted by atomic mass is 32.2. The van der Waals surface area contributed by atoms with Crippen LogP contribution in [0.15, 0.2) is 30.3 Å². The molecule has 0 aromatic heterocycles. The summed E-state index contributed by atoms with van der Waals surface area (Å²) < 4.78 is 11.6. The van der Waals surface area contributed by atoms with Gasteiger partial charge in [0.05, 0.1) is 5.25 Å². The van der Waals surface area contributed by atoms with Gasteiger partial charge in [0.2, 0.25) is 5.91 Å². The summed E-state index contributed by atoms with van der Waals surface area (Å²) in [5.41, 5.74) is -0.322. The zero-order valence-electron chi connectivity index (χ0n) is 19.9. The van der Waals surface area contributed by atoms with Gasteiger partial charge in [0.25, 0.3) is 0 Å². The van der Waals surface area contributed by atoms with Crippen molar-refractivity contribution in [2.24, 2.45) is 5.92 Å². The molecule has 2 amide bonds. The Hall–Kier alpha value is -1.77. The summed E-state index contributed by atoms with van der Waals surface area (Å²) in [4.78, 5) is 26.2. The molecule has 3 aliphatic rings. The topological polar surface area (TPSA) is 92.0 Å². The third-order valence-electron chi connectivity index (χ3n) is 6.47. The number of alkyl carbamates (subject to hydrolysis) is 1. The van der Waals surface area contributed by atoms with Gasteiger partial charge in [-0.15, -0.1) is 11.8 Å². The van der Waals surface area contributed by atoms with Crippen LogP contribution in [0.3, 0.4) is 0 Å². The fourth-order valence-corrected chi connectivity index (χ4v) is 6.20. The largest absolute Gasteiger partial charge is 0.444 e. The minimum Gasteiger partial charge on any atom is -0.444 e. The SMILES string of the molecule is CC(C)(C)OC(=O)N[C@@H](CC1CCCCC1)C(=O)NC12OC1NCCSC2c1ccccc1. The number of benzene rings is 1. The van der Waals surface area contributed by atoms with E-state index >= 15 is 0 Å². The van der Waals surface area contributed by atoms with Crippen molar-refractivity contribution in [3.63, 3.8) is 0 Å². The van der Waals surface area contributed by atoms with Gasteiger partial charge in [0.15, 0.2) is 12.0 Å². The van der Waals surface area contributed by atoms with E-state index in [2.05, 4.69) is 28.1 Å². The van der Waals surface area contributed by atoms with Gasteiger partial charge in [-0.05, 0) is 38.7 Å². The molecule has 33 heavy (non-hydrogen) atoms. The zero-order chi connectivity index (χ0) is 23.5. The first-order chi connectivity index (χ1) is 15.8. The van der Waals surface area contributed by atoms with Crippen LogP contribution in [0.25, 0.3) is 0 Å². The van der Waals surface area contributed by atoms with Crippen molar-refractivity contribution in [3.05, 3.63) is 35.9 Å². The van der Waals surface area contributed by atoms with E-state index in [0.717, 1.165) is 30.7 Å². The highest BCUT2D eigenvalue weighted by Gasteiger charge is 2.64. The maximum absolute atomic E-state index is 13.6. The van der Waals surface area contributed by atoms with Gasteiger partial charge in [-0.2, -0.15) is 0 Å². The molecule has 182 valence electrons. The van der Waals surface area contributed by atoms with E-state index in [9.17, 15) is 9.59 Å². The van der Waals surface area contributed by atoms with Gasteiger partial charge in [0, 0.05) is 12.3 Å². The fourth-order valence-electron chi connectivity index (χ4n) is 4.89. The molecule has 4 rings (SSSR count). The molecule has 7 nitrogen and oxygen atoms in total. The maximum atomic E-state index is 13.6. The summed E-state index contributed by atoms with van der Waals surface area (Å²) in [6.45, 7) is 6.29. The Morgan fingerprint density at radius 3 is 2.64 bits per heavy atom. The van der Waals surface area contributed by atoms with Crippen molar-refractivity contribution in [2.75, 3.05) is 12.3 Å². The second-order valence-electron chi connectivity index (χ2n) is 10.3. The Morgan fingerprint density at radius 1 is 1.21 bits per heavy atom. The first-order valence-corrected chi connectivity index (χ1v) is 13.2. The molecule has 1 aromatic rings. The highest BCUT2D eigenvalue weighted by Crippen LogP contribution is 2.51. The molecule has 0 spiro atoms. The van der Waals surface area contributed by atoms with Crippen LogP contribution < -0.4 is 16.0 Å². The molecule has 1 aliphatic carbocycles. The number of rotatable bonds is 6. The predicted octanol–water partition coefficient (Wildman–Crippen LogP) is 4.10. The predicted molar refractivity (Wildman–Crippen MR) is 130 cm³/mol. The number of hydrogen-bond donors (Lipinski definition) is 3. The van der Waals surface area contributed by atoms with Crippen LogP contribution in [0.4, 0.5) is 4.79 Å². The molecule has 1 saturated carbocycles. The van der Waals surface area contributed by atoms with Crippen LogP contribution in [0, 0.1) is 5.92 Å². The fraction of sp³-hybridized carbons (Fsp3) is 0.680. The van der Waals surface area contributed by atoms with Gasteiger partial charge < -0.3 is 20.1 Å². The molecular formula is C25H37N3O4S. The maximum Gasteiger partial charge on any atom is 0.408 e. The Balaban J connectivity index is 1.51. The number of carbonyl (C=O) groups excluding carboxylic acids is 2. The van der Waals surface area contributed by atoms with Crippen molar-refractivity contribution in [1.82, 2.24) is 16.0 Å². The van der Waals surface area contributed by atoms with Crippen molar-refractivity contribution in [3.8, 4) is 0 Å². The molecule has 3 N–H and O–H groups in total. The van der Waals surface area contributed by atoms with Crippen molar-refractivity contribution in [2.45, 2.75) is 88.1 Å². The lowest BCUT2D eigenvalue weighted by atomic mass is 9.84. The van der Waals surface area contributed by atoms with E-state index in [4.69, 9.17) is 9.47 Å². The van der Waals surface area contributed by atoms with Crippen molar-refractivity contribution >= 4 is 23.8 Å². The molecule has 8 heteroatoms. The lowest BCUT2D eigenvalue weighted by Gasteiger charge is -2.30. The molecule has 0 radical (unpaired) electrons. The normalized spacial score (nSPS) is 28.7. The number of epoxide rings is 1. The Labute approximate surface area is 201 Å². The van der Waals surface area contributed by atoms with Gasteiger partial charge in [-0.25, -0.2) is 4.79 Å². The molecule has 1 aromatic carbocycles. The van der Waals surface area contributed by atoms with Crippen LogP contribution in [0.1, 0.15) is 70.1 Å². The summed E-state index contributed by atoms with van der Waals surface area (Å²) in [7, 11) is 0. The van der Waals surface area contributed by atoms with E-state index in [1.54, 1.807) is 11.8 Å². The lowest BCUT2D eigenvalue weighted by molar-refractivity contribution is -0.125. The van der Waals surface area contributed by atoms with E-state index in [1.165, 1.54) is 19.3 Å². The Morgan fingerprint density at radius 2 is 1.94 bits per heavy atom. The van der Waals surface area contributed by atoms with E-state index in [1.807, 2.05) is 39.0 Å². The Bertz CT molecular complexity index is 825. The average molecular weight is 476 g/mol. The van der Waals surface area contributed by atoms with Gasteiger partial charge in [-0.3, -0.25) is 10.1 Å². The molecule has 4 atom stereocenters. The number of ether oxygens (including phenoxy) is 2. The first kappa shape index (κ1) is 24.4. The number of amides is 2. The lowest BCUT2D eigenvalue weighted by Crippen LogP contribution is -2.54. The van der Waals surface area contributed by atoms with Crippen LogP contribution in [-0.4, -0.2) is 47.9 Å². The monoisotopic (exact) mass is 475 g/mol. The third kappa shape index (κ3) is 6.22. The number of fused-ring (bicyclic) bond motifs is 1. The summed E-state index contributed by atoms with van der Waals surface area (Å²) in [6.07, 6.45) is 5.60. The highest BCUT2D eigenvalue weighted by molar-refractivity contribution is 7.99. The molecule has 3 unspecified atom stereocenters. The van der Waals surface area contributed by atoms with Crippen molar-refractivity contribution < 1.29 is 19.1 Å². The van der Waals surface area contributed by atoms with E-state index in [-0.39, 0.29) is 17.4 Å². The minimum atomic E-state index is -0.819. The molecule has 0 bridgehead atoms. The summed E-state index contributed by atoms with van der Waals surface area (Å²) in [5, 5.41) is 9.42. The standard InChI is InChI=1S/C25H37N3O4S/c1-24(2,3)32-23(30)27-19(16-17-10-6-4-7-11-17)21(29)28-25-20(18-12-8-5-9-13-18)33-15-14-26-22(25)31-25/h5,8-9,12-13,17,19-20,22,26H,4,6-7,10-11,14-16H2,1-3H3,(H,27,30)(H,28,29)/t19-,20?,22?,25?/m0/s1. The van der Waals surface area contributed by atoms with Gasteiger partial charge in [0.1, 0.15) is 11.6 Å². The first-order valence-electron chi connectivity index (χ1n) is 12.2. The van der Waals surface area contributed by atoms with Crippen LogP contribution >= 0.6 is 11.8 Å². The van der Waals surface area contributed by atoms with Crippen LogP contribution in [0.5, 0.6) is 0 Å². The number of nitrogens with one attached hydrogen (secondary N) is 3. The zero-order valence-corrected chi connectivity index (χ0v) is 20.7. The third-order valence-corrected chi connectivity index (χ3v) is 7.87. The van der Waals surface area contributed by atoms with Crippen molar-refractivity contribution in [1.29, 1.82) is 0 Å². The summed E-state index contributed by atoms with van der Waals surface area (Å²) in [5.74, 6) is 1.14. The number of carbonyl (C=O) groups is 2. The molecular weight excluding hydrogens is 438 g/mol. The molecule has 2 aliphatic heterocycles. The quantitative estimate of drug-likeness (QED) is 0.537. The summed E-state index contributed by atoms with van der Waals surface area (Å²) in [6, 6.07) is 9.51. The molecule has 3 fully saturated rings. The van der Waals surface area contributed by atoms with E-state index in [0.29, 0.717) is 12.3 Å². The van der Waals surface area contributed by atoms with Crippen LogP contribution in [-0.2, 0) is 14.3 Å². The second kappa shape index (κ2) is 10.2. The number of thioether (sulfide) groups is 1. The van der Waals surface area contributed by atoms with Gasteiger partial charge in [-0.1, -0.05) is 62.4 Å². The Kier molecular flexibility index (Phi) is 7.56. The smallest absolute Gasteiger partial charge is 0.408 e.